The summed E-state index contributed by atoms with van der Waals surface area (Å²) in [4.78, 5) is 24.0. The van der Waals surface area contributed by atoms with Crippen LogP contribution in [0.1, 0.15) is 129 Å². The Morgan fingerprint density at radius 3 is 1.58 bits per heavy atom. The molecule has 0 aromatic heterocycles. The number of ether oxygens (including phenoxy) is 1. The van der Waals surface area contributed by atoms with E-state index in [0.29, 0.717) is 13.1 Å². The molecule has 0 bridgehead atoms. The Labute approximate surface area is 202 Å². The fourth-order valence-corrected chi connectivity index (χ4v) is 4.79. The lowest BCUT2D eigenvalue weighted by Crippen LogP contribution is -2.48. The van der Waals surface area contributed by atoms with Crippen molar-refractivity contribution >= 4 is 11.9 Å². The van der Waals surface area contributed by atoms with Crippen molar-refractivity contribution in [2.24, 2.45) is 0 Å². The molecular weight excluding hydrogens is 418 g/mol. The number of nitrogens with zero attached hydrogens (tertiary/aromatic N) is 1. The van der Waals surface area contributed by atoms with Crippen LogP contribution in [0.2, 0.25) is 0 Å². The zero-order valence-corrected chi connectivity index (χ0v) is 21.3. The van der Waals surface area contributed by atoms with Crippen LogP contribution in [0.25, 0.3) is 0 Å². The van der Waals surface area contributed by atoms with E-state index in [-0.39, 0.29) is 12.5 Å². The highest BCUT2D eigenvalue weighted by atomic mass is 16.5. The molecule has 0 radical (unpaired) electrons. The Bertz CT molecular complexity index is 491. The van der Waals surface area contributed by atoms with E-state index in [1.807, 2.05) is 0 Å². The number of piperidine rings is 1. The second kappa shape index (κ2) is 20.3. The van der Waals surface area contributed by atoms with Crippen molar-refractivity contribution in [3.63, 3.8) is 0 Å². The maximum Gasteiger partial charge on any atom is 0.321 e. The molecule has 1 saturated heterocycles. The molecule has 0 aromatic carbocycles. The summed E-state index contributed by atoms with van der Waals surface area (Å²) in [5.74, 6) is -2.12. The third kappa shape index (κ3) is 16.2. The molecule has 2 N–H and O–H groups in total. The second-order valence-corrected chi connectivity index (χ2v) is 9.86. The molecule has 0 saturated carbocycles. The maximum atomic E-state index is 11.3. The van der Waals surface area contributed by atoms with Crippen molar-refractivity contribution in [2.75, 3.05) is 19.7 Å². The number of carboxylic acid groups (broad SMARTS) is 2. The second-order valence-electron chi connectivity index (χ2n) is 9.86. The molecule has 6 nitrogen and oxygen atoms in total. The molecule has 1 rings (SSSR count). The van der Waals surface area contributed by atoms with Crippen LogP contribution in [0.5, 0.6) is 0 Å². The number of carboxylic acids is 2. The fourth-order valence-electron chi connectivity index (χ4n) is 4.79. The number of hydrogen-bond acceptors (Lipinski definition) is 4. The quantitative estimate of drug-likeness (QED) is 0.172. The minimum absolute atomic E-state index is 0.178. The molecule has 1 unspecified atom stereocenters. The first-order valence-electron chi connectivity index (χ1n) is 13.8. The highest BCUT2D eigenvalue weighted by Gasteiger charge is 2.31. The average Bonchev–Trinajstić information content (AvgIpc) is 2.79. The van der Waals surface area contributed by atoms with Gasteiger partial charge in [0.05, 0.1) is 12.5 Å². The summed E-state index contributed by atoms with van der Waals surface area (Å²) in [7, 11) is 0. The SMILES string of the molecule is CCCCCCCCCCCCCCCCCCOC1CCN(C(CC(=O)O)C(=O)O)CC1. The van der Waals surface area contributed by atoms with Gasteiger partial charge in [-0.15, -0.1) is 0 Å². The van der Waals surface area contributed by atoms with Crippen LogP contribution in [-0.4, -0.2) is 58.9 Å². The molecule has 1 atom stereocenters. The van der Waals surface area contributed by atoms with Crippen LogP contribution < -0.4 is 0 Å². The summed E-state index contributed by atoms with van der Waals surface area (Å²) in [6, 6.07) is -0.927. The molecule has 1 fully saturated rings. The van der Waals surface area contributed by atoms with Gasteiger partial charge < -0.3 is 14.9 Å². The van der Waals surface area contributed by atoms with Gasteiger partial charge in [-0.1, -0.05) is 103 Å². The van der Waals surface area contributed by atoms with Crippen LogP contribution in [-0.2, 0) is 14.3 Å². The predicted octanol–water partition coefficient (Wildman–Crippen LogP) is 6.66. The number of carbonyl (C=O) groups is 2. The van der Waals surface area contributed by atoms with Gasteiger partial charge in [-0.2, -0.15) is 0 Å². The van der Waals surface area contributed by atoms with E-state index < -0.39 is 18.0 Å². The molecule has 0 aromatic rings. The fraction of sp³-hybridized carbons (Fsp3) is 0.926. The number of unbranched alkanes of at least 4 members (excludes halogenated alkanes) is 15. The van der Waals surface area contributed by atoms with E-state index in [9.17, 15) is 14.7 Å². The van der Waals surface area contributed by atoms with Crippen molar-refractivity contribution < 1.29 is 24.5 Å². The minimum Gasteiger partial charge on any atom is -0.481 e. The van der Waals surface area contributed by atoms with E-state index in [4.69, 9.17) is 9.84 Å². The summed E-state index contributed by atoms with van der Waals surface area (Å²) in [6.45, 7) is 4.24. The van der Waals surface area contributed by atoms with Gasteiger partial charge in [-0.05, 0) is 19.3 Å². The molecule has 1 heterocycles. The van der Waals surface area contributed by atoms with Gasteiger partial charge in [0.2, 0.25) is 0 Å². The van der Waals surface area contributed by atoms with Gasteiger partial charge in [0.25, 0.3) is 0 Å². The topological polar surface area (TPSA) is 87.1 Å². The van der Waals surface area contributed by atoms with Crippen LogP contribution in [0.4, 0.5) is 0 Å². The number of rotatable bonds is 22. The van der Waals surface area contributed by atoms with Gasteiger partial charge in [0.15, 0.2) is 0 Å². The first-order valence-corrected chi connectivity index (χ1v) is 13.8. The van der Waals surface area contributed by atoms with Crippen molar-refractivity contribution in [1.29, 1.82) is 0 Å². The van der Waals surface area contributed by atoms with Gasteiger partial charge in [-0.3, -0.25) is 14.5 Å². The van der Waals surface area contributed by atoms with Crippen molar-refractivity contribution in [1.82, 2.24) is 4.90 Å². The molecular formula is C27H51NO5. The van der Waals surface area contributed by atoms with E-state index >= 15 is 0 Å². The number of hydrogen-bond donors (Lipinski definition) is 2. The van der Waals surface area contributed by atoms with Crippen LogP contribution in [0.3, 0.4) is 0 Å². The smallest absolute Gasteiger partial charge is 0.321 e. The normalized spacial score (nSPS) is 16.2. The molecule has 6 heteroatoms. The average molecular weight is 470 g/mol. The van der Waals surface area contributed by atoms with Gasteiger partial charge >= 0.3 is 11.9 Å². The van der Waals surface area contributed by atoms with Crippen molar-refractivity contribution in [2.45, 2.75) is 141 Å². The summed E-state index contributed by atoms with van der Waals surface area (Å²) in [5.41, 5.74) is 0. The molecule has 1 aliphatic rings. The lowest BCUT2D eigenvalue weighted by atomic mass is 10.0. The third-order valence-electron chi connectivity index (χ3n) is 6.92. The first kappa shape index (κ1) is 29.9. The predicted molar refractivity (Wildman–Crippen MR) is 134 cm³/mol. The van der Waals surface area contributed by atoms with Crippen LogP contribution in [0.15, 0.2) is 0 Å². The van der Waals surface area contributed by atoms with E-state index in [2.05, 4.69) is 6.92 Å². The summed E-state index contributed by atoms with van der Waals surface area (Å²) in [6.07, 6.45) is 23.2. The Morgan fingerprint density at radius 2 is 1.18 bits per heavy atom. The molecule has 0 spiro atoms. The first-order chi connectivity index (χ1) is 16.0. The number of likely N-dealkylation sites (tertiary alicyclic amines) is 1. The van der Waals surface area contributed by atoms with E-state index in [0.717, 1.165) is 25.9 Å². The van der Waals surface area contributed by atoms with Crippen LogP contribution in [0, 0.1) is 0 Å². The zero-order valence-electron chi connectivity index (χ0n) is 21.3. The highest BCUT2D eigenvalue weighted by molar-refractivity contribution is 5.80. The molecule has 33 heavy (non-hydrogen) atoms. The standard InChI is InChI=1S/C27H51NO5/c1-2-3-4-5-6-7-8-9-10-11-12-13-14-15-16-17-22-33-24-18-20-28(21-19-24)25(27(31)32)23-26(29)30/h24-25H,2-23H2,1H3,(H,29,30)(H,31,32). The summed E-state index contributed by atoms with van der Waals surface area (Å²) >= 11 is 0. The Kier molecular flexibility index (Phi) is 18.3. The zero-order chi connectivity index (χ0) is 24.2. The van der Waals surface area contributed by atoms with Crippen molar-refractivity contribution in [3.05, 3.63) is 0 Å². The lowest BCUT2D eigenvalue weighted by molar-refractivity contribution is -0.151. The molecule has 194 valence electrons. The number of aliphatic carboxylic acids is 2. The largest absolute Gasteiger partial charge is 0.481 e. The van der Waals surface area contributed by atoms with Gasteiger partial charge in [-0.25, -0.2) is 0 Å². The summed E-state index contributed by atoms with van der Waals surface area (Å²) < 4.78 is 5.98. The van der Waals surface area contributed by atoms with E-state index in [1.54, 1.807) is 4.90 Å². The Balaban J connectivity index is 1.86. The maximum absolute atomic E-state index is 11.3. The molecule has 0 aliphatic carbocycles. The Hall–Kier alpha value is -1.14. The Morgan fingerprint density at radius 1 is 0.758 bits per heavy atom. The lowest BCUT2D eigenvalue weighted by Gasteiger charge is -2.35. The minimum atomic E-state index is -1.07. The molecule has 0 amide bonds. The van der Waals surface area contributed by atoms with Crippen molar-refractivity contribution in [3.8, 4) is 0 Å². The third-order valence-corrected chi connectivity index (χ3v) is 6.92. The van der Waals surface area contributed by atoms with E-state index in [1.165, 1.54) is 96.3 Å². The highest BCUT2D eigenvalue weighted by Crippen LogP contribution is 2.19. The molecule has 1 aliphatic heterocycles. The van der Waals surface area contributed by atoms with Gasteiger partial charge in [0.1, 0.15) is 6.04 Å². The monoisotopic (exact) mass is 469 g/mol. The summed E-state index contributed by atoms with van der Waals surface area (Å²) in [5, 5.41) is 18.2. The van der Waals surface area contributed by atoms with Gasteiger partial charge in [0, 0.05) is 19.7 Å². The van der Waals surface area contributed by atoms with Crippen LogP contribution >= 0.6 is 0 Å².